The van der Waals surface area contributed by atoms with E-state index in [0.29, 0.717) is 17.4 Å². The number of aromatic nitrogens is 4. The van der Waals surface area contributed by atoms with Gasteiger partial charge in [0.25, 0.3) is 5.91 Å². The van der Waals surface area contributed by atoms with Gasteiger partial charge in [0.1, 0.15) is 0 Å². The smallest absolute Gasteiger partial charge is 0.259 e. The highest BCUT2D eigenvalue weighted by Crippen LogP contribution is 2.25. The van der Waals surface area contributed by atoms with E-state index in [0.717, 1.165) is 48.8 Å². The zero-order valence-corrected chi connectivity index (χ0v) is 18.7. The average Bonchev–Trinajstić information content (AvgIpc) is 3.22. The van der Waals surface area contributed by atoms with Crippen molar-refractivity contribution in [3.8, 4) is 5.69 Å². The van der Waals surface area contributed by atoms with Gasteiger partial charge in [-0.15, -0.1) is 12.4 Å². The number of carbonyl (C=O) groups is 1. The summed E-state index contributed by atoms with van der Waals surface area (Å²) < 4.78 is 3.79. The first-order chi connectivity index (χ1) is 14.0. The monoisotopic (exact) mass is 428 g/mol. The minimum absolute atomic E-state index is 0. The molecule has 0 atom stereocenters. The van der Waals surface area contributed by atoms with Crippen molar-refractivity contribution in [3.63, 3.8) is 0 Å². The van der Waals surface area contributed by atoms with Crippen LogP contribution in [-0.2, 0) is 7.05 Å². The van der Waals surface area contributed by atoms with E-state index in [4.69, 9.17) is 0 Å². The zero-order chi connectivity index (χ0) is 20.5. The van der Waals surface area contributed by atoms with Crippen molar-refractivity contribution in [1.29, 1.82) is 0 Å². The number of halogens is 1. The van der Waals surface area contributed by atoms with E-state index in [1.165, 1.54) is 5.56 Å². The van der Waals surface area contributed by atoms with Crippen LogP contribution < -0.4 is 10.6 Å². The highest BCUT2D eigenvalue weighted by atomic mass is 35.5. The van der Waals surface area contributed by atoms with Crippen LogP contribution in [0.5, 0.6) is 0 Å². The van der Waals surface area contributed by atoms with Crippen molar-refractivity contribution in [1.82, 2.24) is 24.6 Å². The van der Waals surface area contributed by atoms with Gasteiger partial charge in [-0.3, -0.25) is 10.1 Å². The summed E-state index contributed by atoms with van der Waals surface area (Å²) in [7, 11) is 1.82. The molecule has 160 valence electrons. The molecule has 0 unspecified atom stereocenters. The van der Waals surface area contributed by atoms with Gasteiger partial charge in [-0.05, 0) is 64.4 Å². The number of nitrogens with zero attached hydrogens (tertiary/aromatic N) is 4. The number of benzene rings is 1. The molecule has 1 saturated heterocycles. The van der Waals surface area contributed by atoms with Gasteiger partial charge in [0, 0.05) is 30.0 Å². The summed E-state index contributed by atoms with van der Waals surface area (Å²) >= 11 is 0. The lowest BCUT2D eigenvalue weighted by molar-refractivity contribution is 0.102. The number of rotatable bonds is 4. The lowest BCUT2D eigenvalue weighted by atomic mass is 9.98. The Kier molecular flexibility index (Phi) is 6.63. The molecule has 1 amide bonds. The second-order valence-electron chi connectivity index (χ2n) is 7.80. The molecule has 7 nitrogen and oxygen atoms in total. The predicted molar refractivity (Wildman–Crippen MR) is 121 cm³/mol. The first-order valence-corrected chi connectivity index (χ1v) is 10.1. The molecule has 2 N–H and O–H groups in total. The van der Waals surface area contributed by atoms with Gasteiger partial charge in [-0.2, -0.15) is 10.1 Å². The van der Waals surface area contributed by atoms with Crippen molar-refractivity contribution < 1.29 is 4.79 Å². The topological polar surface area (TPSA) is 76.8 Å². The fourth-order valence-corrected chi connectivity index (χ4v) is 4.11. The molecule has 1 aliphatic heterocycles. The Morgan fingerprint density at radius 2 is 1.87 bits per heavy atom. The molecule has 1 aliphatic rings. The van der Waals surface area contributed by atoms with Crippen LogP contribution in [0.3, 0.4) is 0 Å². The number of amides is 1. The van der Waals surface area contributed by atoms with E-state index in [9.17, 15) is 4.79 Å². The van der Waals surface area contributed by atoms with Crippen molar-refractivity contribution in [3.05, 3.63) is 58.7 Å². The molecule has 3 aromatic rings. The lowest BCUT2D eigenvalue weighted by Crippen LogP contribution is -2.27. The molecule has 0 saturated carbocycles. The Morgan fingerprint density at radius 3 is 2.57 bits per heavy atom. The molecular weight excluding hydrogens is 400 g/mol. The standard InChI is InChI=1S/C22H28N6O.ClH/c1-14-7-5-6-8-19(14)28-15(2)13-18(16(28)3)21(29)25-22-24-20(26-27(22)4)17-9-11-23-12-10-17;/h5-8,13,17,23H,9-12H2,1-4H3,(H,24,25,26,29);1H. The lowest BCUT2D eigenvalue weighted by Gasteiger charge is -2.19. The van der Waals surface area contributed by atoms with Crippen molar-refractivity contribution >= 4 is 24.3 Å². The van der Waals surface area contributed by atoms with E-state index in [-0.39, 0.29) is 18.3 Å². The number of aryl methyl sites for hydroxylation is 3. The molecule has 0 bridgehead atoms. The van der Waals surface area contributed by atoms with Gasteiger partial charge in [0.15, 0.2) is 5.82 Å². The van der Waals surface area contributed by atoms with Gasteiger partial charge in [0.2, 0.25) is 5.95 Å². The van der Waals surface area contributed by atoms with Crippen LogP contribution in [0.4, 0.5) is 5.95 Å². The second-order valence-corrected chi connectivity index (χ2v) is 7.80. The minimum atomic E-state index is -0.162. The van der Waals surface area contributed by atoms with Gasteiger partial charge in [-0.1, -0.05) is 18.2 Å². The van der Waals surface area contributed by atoms with Gasteiger partial charge in [0.05, 0.1) is 5.56 Å². The molecule has 3 heterocycles. The molecule has 30 heavy (non-hydrogen) atoms. The maximum absolute atomic E-state index is 13.0. The highest BCUT2D eigenvalue weighted by molar-refractivity contribution is 6.04. The fraction of sp³-hybridized carbons (Fsp3) is 0.409. The van der Waals surface area contributed by atoms with E-state index in [1.807, 2.05) is 39.1 Å². The van der Waals surface area contributed by atoms with Crippen molar-refractivity contribution in [2.75, 3.05) is 18.4 Å². The molecule has 4 rings (SSSR count). The molecule has 0 aliphatic carbocycles. The normalized spacial score (nSPS) is 14.4. The molecule has 1 aromatic carbocycles. The number of carbonyl (C=O) groups excluding carboxylic acids is 1. The van der Waals surface area contributed by atoms with Crippen LogP contribution in [0.2, 0.25) is 0 Å². The Bertz CT molecular complexity index is 1050. The first kappa shape index (κ1) is 22.1. The summed E-state index contributed by atoms with van der Waals surface area (Å²) in [5, 5.41) is 10.9. The SMILES string of the molecule is Cc1ccccc1-n1c(C)cc(C(=O)Nc2nc(C3CCNCC3)nn2C)c1C.Cl. The maximum Gasteiger partial charge on any atom is 0.259 e. The van der Waals surface area contributed by atoms with Crippen LogP contribution in [0.1, 0.15) is 51.9 Å². The Hall–Kier alpha value is -2.64. The number of piperidine rings is 1. The predicted octanol–water partition coefficient (Wildman–Crippen LogP) is 3.67. The zero-order valence-electron chi connectivity index (χ0n) is 17.9. The van der Waals surface area contributed by atoms with E-state index in [1.54, 1.807) is 4.68 Å². The van der Waals surface area contributed by atoms with Crippen molar-refractivity contribution in [2.24, 2.45) is 7.05 Å². The van der Waals surface area contributed by atoms with E-state index >= 15 is 0 Å². The maximum atomic E-state index is 13.0. The van der Waals surface area contributed by atoms with E-state index in [2.05, 4.69) is 44.3 Å². The van der Waals surface area contributed by atoms with E-state index < -0.39 is 0 Å². The number of nitrogens with one attached hydrogen (secondary N) is 2. The molecule has 0 radical (unpaired) electrons. The van der Waals surface area contributed by atoms with Crippen molar-refractivity contribution in [2.45, 2.75) is 39.5 Å². The largest absolute Gasteiger partial charge is 0.317 e. The van der Waals surface area contributed by atoms with Crippen LogP contribution in [0.15, 0.2) is 30.3 Å². The first-order valence-electron chi connectivity index (χ1n) is 10.1. The Balaban J connectivity index is 0.00000256. The summed E-state index contributed by atoms with van der Waals surface area (Å²) in [6, 6.07) is 10.1. The van der Waals surface area contributed by atoms with Crippen LogP contribution in [0.25, 0.3) is 5.69 Å². The molecular formula is C22H29ClN6O. The minimum Gasteiger partial charge on any atom is -0.317 e. The quantitative estimate of drug-likeness (QED) is 0.664. The third-order valence-electron chi connectivity index (χ3n) is 5.74. The summed E-state index contributed by atoms with van der Waals surface area (Å²) in [5.41, 5.74) is 4.84. The van der Waals surface area contributed by atoms with Gasteiger partial charge >= 0.3 is 0 Å². The summed E-state index contributed by atoms with van der Waals surface area (Å²) in [6.07, 6.45) is 2.05. The molecule has 0 spiro atoms. The third-order valence-corrected chi connectivity index (χ3v) is 5.74. The summed E-state index contributed by atoms with van der Waals surface area (Å²) in [6.45, 7) is 8.04. The molecule has 8 heteroatoms. The number of hydrogen-bond donors (Lipinski definition) is 2. The molecule has 2 aromatic heterocycles. The van der Waals surface area contributed by atoms with Gasteiger partial charge in [-0.25, -0.2) is 4.68 Å². The highest BCUT2D eigenvalue weighted by Gasteiger charge is 2.23. The molecule has 1 fully saturated rings. The second kappa shape index (κ2) is 9.02. The van der Waals surface area contributed by atoms with Crippen LogP contribution in [0, 0.1) is 20.8 Å². The summed E-state index contributed by atoms with van der Waals surface area (Å²) in [5.74, 6) is 1.49. The summed E-state index contributed by atoms with van der Waals surface area (Å²) in [4.78, 5) is 17.7. The number of anilines is 1. The van der Waals surface area contributed by atoms with Crippen LogP contribution >= 0.6 is 12.4 Å². The third kappa shape index (κ3) is 4.13. The Morgan fingerprint density at radius 1 is 1.17 bits per heavy atom. The number of para-hydroxylation sites is 1. The van der Waals surface area contributed by atoms with Gasteiger partial charge < -0.3 is 9.88 Å². The number of hydrogen-bond acceptors (Lipinski definition) is 4. The average molecular weight is 429 g/mol. The fourth-order valence-electron chi connectivity index (χ4n) is 4.11. The Labute approximate surface area is 183 Å². The van der Waals surface area contributed by atoms with Crippen LogP contribution in [-0.4, -0.2) is 38.3 Å².